The number of alkyl carbamates (subject to hydrolysis) is 1. The molecule has 10 aliphatic carbocycles. The summed E-state index contributed by atoms with van der Waals surface area (Å²) in [5.74, 6) is 3.73. The molecular formula is C78H124N4O9. The summed E-state index contributed by atoms with van der Waals surface area (Å²) >= 11 is 0. The number of hydrogen-bond donors (Lipinski definition) is 4. The van der Waals surface area contributed by atoms with E-state index < -0.39 is 46.5 Å². The fraction of sp³-hybridized carbons (Fsp3) is 0.859. The Labute approximate surface area is 549 Å². The van der Waals surface area contributed by atoms with Crippen LogP contribution in [-0.4, -0.2) is 79.2 Å². The number of rotatable bonds is 18. The Morgan fingerprint density at radius 1 is 0.505 bits per heavy atom. The maximum atomic E-state index is 15.0. The summed E-state index contributed by atoms with van der Waals surface area (Å²) in [5, 5.41) is 12.6. The Balaban J connectivity index is 0.747. The molecule has 0 radical (unpaired) electrons. The maximum absolute atomic E-state index is 15.0. The number of fused-ring (bicyclic) bond motifs is 14. The van der Waals surface area contributed by atoms with Gasteiger partial charge in [0.1, 0.15) is 29.3 Å². The summed E-state index contributed by atoms with van der Waals surface area (Å²) < 4.78 is 10.9. The van der Waals surface area contributed by atoms with Crippen LogP contribution in [0.3, 0.4) is 0 Å². The van der Waals surface area contributed by atoms with E-state index in [4.69, 9.17) is 9.47 Å². The second kappa shape index (κ2) is 24.6. The van der Waals surface area contributed by atoms with E-state index in [1.807, 2.05) is 0 Å². The highest BCUT2D eigenvalue weighted by Gasteiger charge is 2.74. The first-order valence-corrected chi connectivity index (χ1v) is 36.7. The van der Waals surface area contributed by atoms with Gasteiger partial charge in [-0.05, 0) is 280 Å². The van der Waals surface area contributed by atoms with Crippen LogP contribution >= 0.6 is 0 Å². The molecule has 4 amide bonds. The third kappa shape index (κ3) is 11.2. The smallest absolute Gasteiger partial charge is 0.408 e. The van der Waals surface area contributed by atoms with Gasteiger partial charge in [0.25, 0.3) is 0 Å². The van der Waals surface area contributed by atoms with E-state index in [1.165, 1.54) is 18.3 Å². The second-order valence-electron chi connectivity index (χ2n) is 36.3. The summed E-state index contributed by atoms with van der Waals surface area (Å²) in [7, 11) is 1.31. The Morgan fingerprint density at radius 2 is 0.923 bits per heavy atom. The van der Waals surface area contributed by atoms with Gasteiger partial charge >= 0.3 is 12.1 Å². The Morgan fingerprint density at radius 3 is 1.32 bits per heavy atom. The summed E-state index contributed by atoms with van der Waals surface area (Å²) in [6.07, 6.45) is 21.7. The standard InChI is InChI=1S/C78H124N4O9/c1-47(2)49-29-39-77(43-41-73(14)51(61(49)77)25-27-57-71(12)35-33-59(83)69(8,9)55(71)31-37-75(57,73)16)65(87)79-45-21-19-23-53(82-67(89)91-68(5,6)7)63(85)81-54(64(86)90-18)24-20-22-46-80-66(88)78-40-30-50(48(3)4)62(78)52-26-28-58-72(13)36-34-60(84)70(10,11)56(72)32-38-76(58,17)74(52,15)42-44-78/h49-58,61-62H,1,3,19-46H2,2,4-18H3,(H,79,87)(H,80,88)(H,81,85)(H,82,89)/t49-,50-,51+,52+,53?,54?,55-,56-,57?,58?,61+,62+,71-,72-,73+,74+,75+,76+,77?,78?/m0/s1. The van der Waals surface area contributed by atoms with Crippen molar-refractivity contribution in [2.24, 2.45) is 113 Å². The monoisotopic (exact) mass is 1260 g/mol. The number of methoxy groups -OCH3 is 1. The average molecular weight is 1260 g/mol. The second-order valence-corrected chi connectivity index (χ2v) is 36.3. The van der Waals surface area contributed by atoms with Crippen LogP contribution in [0.5, 0.6) is 0 Å². The fourth-order valence-electron chi connectivity index (χ4n) is 25.8. The zero-order chi connectivity index (χ0) is 66.7. The summed E-state index contributed by atoms with van der Waals surface area (Å²) in [4.78, 5) is 98.0. The first-order chi connectivity index (χ1) is 42.4. The highest BCUT2D eigenvalue weighted by Crippen LogP contribution is 2.80. The van der Waals surface area contributed by atoms with Crippen molar-refractivity contribution in [1.29, 1.82) is 0 Å². The number of hydrogen-bond acceptors (Lipinski definition) is 9. The highest BCUT2D eigenvalue weighted by molar-refractivity contribution is 5.90. The molecule has 0 saturated heterocycles. The van der Waals surface area contributed by atoms with E-state index in [0.29, 0.717) is 98.7 Å². The predicted octanol–water partition coefficient (Wildman–Crippen LogP) is 15.6. The van der Waals surface area contributed by atoms with Crippen LogP contribution in [0, 0.1) is 113 Å². The summed E-state index contributed by atoms with van der Waals surface area (Å²) in [6.45, 7) is 43.9. The van der Waals surface area contributed by atoms with Crippen molar-refractivity contribution in [1.82, 2.24) is 21.3 Å². The lowest BCUT2D eigenvalue weighted by Crippen LogP contribution is -2.67. The number of esters is 1. The number of nitrogens with one attached hydrogen (secondary N) is 4. The van der Waals surface area contributed by atoms with Crippen LogP contribution in [-0.2, 0) is 38.2 Å². The van der Waals surface area contributed by atoms with Crippen LogP contribution in [0.2, 0.25) is 0 Å². The maximum Gasteiger partial charge on any atom is 0.408 e. The predicted molar refractivity (Wildman–Crippen MR) is 359 cm³/mol. The number of carbonyl (C=O) groups is 7. The molecule has 10 fully saturated rings. The molecule has 4 N–H and O–H groups in total. The van der Waals surface area contributed by atoms with Gasteiger partial charge in [0.15, 0.2) is 0 Å². The highest BCUT2D eigenvalue weighted by atomic mass is 16.6. The lowest BCUT2D eigenvalue weighted by molar-refractivity contribution is -0.233. The Kier molecular flexibility index (Phi) is 18.8. The molecule has 13 heteroatoms. The van der Waals surface area contributed by atoms with Gasteiger partial charge in [-0.2, -0.15) is 0 Å². The van der Waals surface area contributed by atoms with Gasteiger partial charge in [-0.25, -0.2) is 9.59 Å². The molecule has 20 atom stereocenters. The molecule has 6 unspecified atom stereocenters. The van der Waals surface area contributed by atoms with Gasteiger partial charge in [0.2, 0.25) is 17.7 Å². The molecule has 0 spiro atoms. The van der Waals surface area contributed by atoms with Gasteiger partial charge in [0, 0.05) is 36.8 Å². The molecule has 10 aliphatic rings. The third-order valence-corrected chi connectivity index (χ3v) is 30.8. The zero-order valence-electron chi connectivity index (χ0n) is 59.8. The Hall–Kier alpha value is -4.03. The number of ketones is 2. The van der Waals surface area contributed by atoms with Crippen LogP contribution in [0.15, 0.2) is 24.3 Å². The molecule has 10 rings (SSSR count). The molecule has 0 bridgehead atoms. The summed E-state index contributed by atoms with van der Waals surface area (Å²) in [5.41, 5.74) is 0.613. The number of amides is 4. The number of unbranched alkanes of at least 4 members (excludes halogenated alkanes) is 2. The minimum atomic E-state index is -1.02. The molecule has 91 heavy (non-hydrogen) atoms. The Bertz CT molecular complexity index is 2890. The van der Waals surface area contributed by atoms with Crippen molar-refractivity contribution in [2.45, 2.75) is 288 Å². The van der Waals surface area contributed by atoms with Gasteiger partial charge in [-0.15, -0.1) is 0 Å². The average Bonchev–Trinajstić information content (AvgIpc) is 1.59. The van der Waals surface area contributed by atoms with E-state index in [9.17, 15) is 28.8 Å². The van der Waals surface area contributed by atoms with Gasteiger partial charge in [-0.3, -0.25) is 24.0 Å². The van der Waals surface area contributed by atoms with E-state index >= 15 is 4.79 Å². The lowest BCUT2D eigenvalue weighted by atomic mass is 9.32. The molecular weight excluding hydrogens is 1140 g/mol. The van der Waals surface area contributed by atoms with Gasteiger partial charge in [0.05, 0.1) is 17.9 Å². The lowest BCUT2D eigenvalue weighted by Gasteiger charge is -2.72. The van der Waals surface area contributed by atoms with Crippen molar-refractivity contribution in [3.8, 4) is 0 Å². The van der Waals surface area contributed by atoms with Crippen molar-refractivity contribution >= 4 is 41.4 Å². The van der Waals surface area contributed by atoms with E-state index in [2.05, 4.69) is 118 Å². The topological polar surface area (TPSA) is 186 Å². The van der Waals surface area contributed by atoms with Crippen LogP contribution < -0.4 is 21.3 Å². The molecule has 0 aromatic heterocycles. The largest absolute Gasteiger partial charge is 0.467 e. The number of carbonyl (C=O) groups excluding carboxylic acids is 7. The number of ether oxygens (including phenoxy) is 2. The van der Waals surface area contributed by atoms with Gasteiger partial charge < -0.3 is 30.7 Å². The van der Waals surface area contributed by atoms with Crippen molar-refractivity contribution in [2.75, 3.05) is 20.2 Å². The first kappa shape index (κ1) is 69.8. The van der Waals surface area contributed by atoms with Crippen LogP contribution in [0.1, 0.15) is 271 Å². The molecule has 10 saturated carbocycles. The fourth-order valence-corrected chi connectivity index (χ4v) is 25.8. The van der Waals surface area contributed by atoms with Crippen molar-refractivity contribution in [3.63, 3.8) is 0 Å². The van der Waals surface area contributed by atoms with Crippen LogP contribution in [0.4, 0.5) is 4.79 Å². The minimum Gasteiger partial charge on any atom is -0.467 e. The minimum absolute atomic E-state index is 0.0624. The molecule has 0 aromatic carbocycles. The molecule has 510 valence electrons. The van der Waals surface area contributed by atoms with E-state index in [0.717, 1.165) is 116 Å². The first-order valence-electron chi connectivity index (χ1n) is 36.7. The van der Waals surface area contributed by atoms with Crippen molar-refractivity contribution < 1.29 is 43.0 Å². The molecule has 0 heterocycles. The molecule has 0 aromatic rings. The molecule has 13 nitrogen and oxygen atoms in total. The molecule has 0 aliphatic heterocycles. The van der Waals surface area contributed by atoms with Gasteiger partial charge in [-0.1, -0.05) is 93.5 Å². The third-order valence-electron chi connectivity index (χ3n) is 30.8. The van der Waals surface area contributed by atoms with E-state index in [1.54, 1.807) is 20.8 Å². The zero-order valence-corrected chi connectivity index (χ0v) is 59.8. The van der Waals surface area contributed by atoms with Crippen molar-refractivity contribution in [3.05, 3.63) is 24.3 Å². The number of Topliss-reactive ketones (excluding diaryl/α,β-unsaturated/α-hetero) is 2. The number of allylic oxidation sites excluding steroid dienone is 2. The SMILES string of the molecule is C=C(C)[C@@H]1CCC2(C(=O)NCCCCC(NC(=O)OC(C)(C)C)C(=O)NC(CCCCNC(=O)C34CC[C@@H](C(=C)C)[C@@H]3[C@H]3CCC5[C@@]6(C)CCC(=O)C(C)(C)[C@@H]6CC[C@@]5(C)[C@]3(C)CC4)C(=O)OC)CC[C@]3(C)[C@H](CCC4[C@@]5(C)CCC(=O)C(C)(C)[C@@H]5CC[C@]43C)[C@@H]12. The quantitative estimate of drug-likeness (QED) is 0.0589. The van der Waals surface area contributed by atoms with Crippen LogP contribution in [0.25, 0.3) is 0 Å². The van der Waals surface area contributed by atoms with E-state index in [-0.39, 0.29) is 91.6 Å². The summed E-state index contributed by atoms with van der Waals surface area (Å²) in [6, 6.07) is -2.00. The normalized spacial score (nSPS) is 42.3.